The molecule has 5 nitrogen and oxygen atoms in total. The number of amides is 1. The van der Waals surface area contributed by atoms with Crippen LogP contribution in [0.15, 0.2) is 28.8 Å². The molecular formula is C18H25Cl2N3O2. The van der Waals surface area contributed by atoms with E-state index in [1.54, 1.807) is 24.9 Å². The quantitative estimate of drug-likeness (QED) is 0.809. The molecule has 1 aromatic carbocycles. The lowest BCUT2D eigenvalue weighted by Crippen LogP contribution is -2.35. The zero-order valence-corrected chi connectivity index (χ0v) is 16.5. The summed E-state index contributed by atoms with van der Waals surface area (Å²) in [5.74, 6) is 0.721. The van der Waals surface area contributed by atoms with Crippen molar-refractivity contribution in [2.24, 2.45) is 11.7 Å². The summed E-state index contributed by atoms with van der Waals surface area (Å²) in [6.45, 7) is 6.46. The molecule has 1 aromatic heterocycles. The van der Waals surface area contributed by atoms with E-state index in [4.69, 9.17) is 21.9 Å². The fraction of sp³-hybridized carbons (Fsp3) is 0.444. The molecular weight excluding hydrogens is 361 g/mol. The van der Waals surface area contributed by atoms with Gasteiger partial charge in [0.1, 0.15) is 17.0 Å². The molecule has 0 spiro atoms. The molecule has 1 heterocycles. The normalized spacial score (nSPS) is 12.0. The molecule has 138 valence electrons. The average Bonchev–Trinajstić information content (AvgIpc) is 2.93. The van der Waals surface area contributed by atoms with E-state index >= 15 is 0 Å². The van der Waals surface area contributed by atoms with Gasteiger partial charge in [-0.15, -0.1) is 12.4 Å². The van der Waals surface area contributed by atoms with Gasteiger partial charge in [0, 0.05) is 25.2 Å². The van der Waals surface area contributed by atoms with E-state index in [0.29, 0.717) is 40.1 Å². The second kappa shape index (κ2) is 9.22. The summed E-state index contributed by atoms with van der Waals surface area (Å²) < 4.78 is 5.26. The summed E-state index contributed by atoms with van der Waals surface area (Å²) in [5, 5.41) is 4.57. The number of nitrogens with zero attached hydrogens (tertiary/aromatic N) is 2. The van der Waals surface area contributed by atoms with Crippen LogP contribution in [0.25, 0.3) is 11.3 Å². The summed E-state index contributed by atoms with van der Waals surface area (Å²) in [7, 11) is 1.76. The Balaban J connectivity index is 0.00000312. The average molecular weight is 386 g/mol. The topological polar surface area (TPSA) is 72.4 Å². The molecule has 2 N–H and O–H groups in total. The minimum Gasteiger partial charge on any atom is -0.360 e. The van der Waals surface area contributed by atoms with E-state index in [9.17, 15) is 4.79 Å². The molecule has 1 atom stereocenters. The molecule has 2 aromatic rings. The Labute approximate surface area is 159 Å². The molecule has 1 amide bonds. The number of nitrogens with two attached hydrogens (primary N) is 1. The fourth-order valence-corrected chi connectivity index (χ4v) is 2.65. The second-order valence-corrected chi connectivity index (χ2v) is 6.77. The lowest BCUT2D eigenvalue weighted by Gasteiger charge is -2.21. The molecule has 1 unspecified atom stereocenters. The molecule has 0 saturated heterocycles. The van der Waals surface area contributed by atoms with Crippen molar-refractivity contribution in [1.82, 2.24) is 10.1 Å². The van der Waals surface area contributed by atoms with Gasteiger partial charge in [0.25, 0.3) is 5.91 Å². The number of hydrogen-bond donors (Lipinski definition) is 1. The SMILES string of the molecule is Cc1onc(-c2ccccc2Cl)c1C(=O)N(C)CCC(N)C(C)C.Cl. The second-order valence-electron chi connectivity index (χ2n) is 6.37. The zero-order chi connectivity index (χ0) is 17.9. The van der Waals surface area contributed by atoms with Crippen LogP contribution >= 0.6 is 24.0 Å². The van der Waals surface area contributed by atoms with Crippen molar-refractivity contribution in [2.75, 3.05) is 13.6 Å². The third-order valence-corrected chi connectivity index (χ3v) is 4.54. The highest BCUT2D eigenvalue weighted by atomic mass is 35.5. The van der Waals surface area contributed by atoms with Crippen molar-refractivity contribution in [3.8, 4) is 11.3 Å². The number of carbonyl (C=O) groups is 1. The van der Waals surface area contributed by atoms with Crippen LogP contribution in [0, 0.1) is 12.8 Å². The van der Waals surface area contributed by atoms with Crippen molar-refractivity contribution in [3.63, 3.8) is 0 Å². The van der Waals surface area contributed by atoms with Crippen molar-refractivity contribution in [1.29, 1.82) is 0 Å². The number of halogens is 2. The van der Waals surface area contributed by atoms with Gasteiger partial charge >= 0.3 is 0 Å². The van der Waals surface area contributed by atoms with E-state index in [1.807, 2.05) is 18.2 Å². The maximum atomic E-state index is 12.9. The van der Waals surface area contributed by atoms with Gasteiger partial charge < -0.3 is 15.2 Å². The molecule has 2 rings (SSSR count). The van der Waals surface area contributed by atoms with E-state index in [0.717, 1.165) is 6.42 Å². The first kappa shape index (κ1) is 21.5. The molecule has 0 aliphatic rings. The first-order chi connectivity index (χ1) is 11.3. The third kappa shape index (κ3) is 4.97. The first-order valence-corrected chi connectivity index (χ1v) is 8.43. The van der Waals surface area contributed by atoms with Gasteiger partial charge in [0.2, 0.25) is 0 Å². The Bertz CT molecular complexity index is 716. The Morgan fingerprint density at radius 1 is 1.36 bits per heavy atom. The Kier molecular flexibility index (Phi) is 7.93. The summed E-state index contributed by atoms with van der Waals surface area (Å²) in [5.41, 5.74) is 7.68. The van der Waals surface area contributed by atoms with Crippen LogP contribution in [0.5, 0.6) is 0 Å². The van der Waals surface area contributed by atoms with E-state index < -0.39 is 0 Å². The monoisotopic (exact) mass is 385 g/mol. The number of rotatable bonds is 6. The molecule has 7 heteroatoms. The number of benzene rings is 1. The maximum absolute atomic E-state index is 12.9. The van der Waals surface area contributed by atoms with Crippen LogP contribution in [-0.2, 0) is 0 Å². The molecule has 0 bridgehead atoms. The highest BCUT2D eigenvalue weighted by molar-refractivity contribution is 6.33. The third-order valence-electron chi connectivity index (χ3n) is 4.21. The highest BCUT2D eigenvalue weighted by Gasteiger charge is 2.25. The summed E-state index contributed by atoms with van der Waals surface area (Å²) in [4.78, 5) is 14.5. The first-order valence-electron chi connectivity index (χ1n) is 8.05. The molecule has 0 aliphatic heterocycles. The van der Waals surface area contributed by atoms with Crippen molar-refractivity contribution < 1.29 is 9.32 Å². The van der Waals surface area contributed by atoms with Gasteiger partial charge in [-0.25, -0.2) is 0 Å². The summed E-state index contributed by atoms with van der Waals surface area (Å²) >= 11 is 6.24. The van der Waals surface area contributed by atoms with Crippen LogP contribution in [-0.4, -0.2) is 35.6 Å². The Morgan fingerprint density at radius 3 is 2.60 bits per heavy atom. The van der Waals surface area contributed by atoms with Gasteiger partial charge in [-0.3, -0.25) is 4.79 Å². The van der Waals surface area contributed by atoms with Gasteiger partial charge in [0.05, 0.1) is 5.02 Å². The minimum absolute atomic E-state index is 0. The van der Waals surface area contributed by atoms with Gasteiger partial charge in [-0.2, -0.15) is 0 Å². The van der Waals surface area contributed by atoms with Gasteiger partial charge in [-0.1, -0.05) is 48.8 Å². The summed E-state index contributed by atoms with van der Waals surface area (Å²) in [6.07, 6.45) is 0.742. The van der Waals surface area contributed by atoms with E-state index in [2.05, 4.69) is 19.0 Å². The standard InChI is InChI=1S/C18H24ClN3O2.ClH/c1-11(2)15(20)9-10-22(4)18(23)16-12(3)24-21-17(16)13-7-5-6-8-14(13)19;/h5-8,11,15H,9-10,20H2,1-4H3;1H. The van der Waals surface area contributed by atoms with Gasteiger partial charge in [-0.05, 0) is 25.3 Å². The van der Waals surface area contributed by atoms with Crippen molar-refractivity contribution in [2.45, 2.75) is 33.2 Å². The lowest BCUT2D eigenvalue weighted by atomic mass is 10.0. The van der Waals surface area contributed by atoms with Crippen LogP contribution in [0.4, 0.5) is 0 Å². The van der Waals surface area contributed by atoms with E-state index in [-0.39, 0.29) is 24.4 Å². The Morgan fingerprint density at radius 2 is 2.00 bits per heavy atom. The van der Waals surface area contributed by atoms with Crippen molar-refractivity contribution >= 4 is 29.9 Å². The van der Waals surface area contributed by atoms with Crippen molar-refractivity contribution in [3.05, 3.63) is 40.6 Å². The summed E-state index contributed by atoms with van der Waals surface area (Å²) in [6, 6.07) is 7.34. The van der Waals surface area contributed by atoms with Crippen LogP contribution in [0.2, 0.25) is 5.02 Å². The smallest absolute Gasteiger partial charge is 0.259 e. The number of carbonyl (C=O) groups excluding carboxylic acids is 1. The number of aromatic nitrogens is 1. The molecule has 0 radical (unpaired) electrons. The van der Waals surface area contributed by atoms with E-state index in [1.165, 1.54) is 0 Å². The molecule has 0 saturated carbocycles. The molecule has 25 heavy (non-hydrogen) atoms. The largest absolute Gasteiger partial charge is 0.360 e. The maximum Gasteiger partial charge on any atom is 0.259 e. The number of hydrogen-bond acceptors (Lipinski definition) is 4. The van der Waals surface area contributed by atoms with Crippen LogP contribution in [0.3, 0.4) is 0 Å². The number of aryl methyl sites for hydroxylation is 1. The minimum atomic E-state index is -0.139. The Hall–Kier alpha value is -1.56. The predicted octanol–water partition coefficient (Wildman–Crippen LogP) is 4.17. The zero-order valence-electron chi connectivity index (χ0n) is 15.0. The fourth-order valence-electron chi connectivity index (χ4n) is 2.43. The highest BCUT2D eigenvalue weighted by Crippen LogP contribution is 2.31. The molecule has 0 fully saturated rings. The predicted molar refractivity (Wildman–Crippen MR) is 103 cm³/mol. The van der Waals surface area contributed by atoms with Gasteiger partial charge in [0.15, 0.2) is 0 Å². The van der Waals surface area contributed by atoms with Crippen LogP contribution < -0.4 is 5.73 Å². The van der Waals surface area contributed by atoms with Crippen LogP contribution in [0.1, 0.15) is 36.4 Å². The lowest BCUT2D eigenvalue weighted by molar-refractivity contribution is 0.0788. The molecule has 0 aliphatic carbocycles.